The zero-order valence-corrected chi connectivity index (χ0v) is 11.4. The van der Waals surface area contributed by atoms with Crippen LogP contribution >= 0.6 is 0 Å². The van der Waals surface area contributed by atoms with Crippen molar-refractivity contribution in [3.05, 3.63) is 42.2 Å². The first-order valence-electron chi connectivity index (χ1n) is 6.45. The molecular formula is C14H18N4O2. The SMILES string of the molecule is CCn1cc(OCC(=O)Nc2ccc(CN)cc2)cn1. The number of benzene rings is 1. The second-order valence-electron chi connectivity index (χ2n) is 4.27. The van der Waals surface area contributed by atoms with Crippen LogP contribution in [0.3, 0.4) is 0 Å². The quantitative estimate of drug-likeness (QED) is 0.833. The summed E-state index contributed by atoms with van der Waals surface area (Å²) in [5.74, 6) is 0.371. The van der Waals surface area contributed by atoms with Crippen molar-refractivity contribution in [1.29, 1.82) is 0 Å². The fourth-order valence-electron chi connectivity index (χ4n) is 1.66. The summed E-state index contributed by atoms with van der Waals surface area (Å²) in [5.41, 5.74) is 7.25. The number of anilines is 1. The number of rotatable bonds is 6. The van der Waals surface area contributed by atoms with E-state index in [1.165, 1.54) is 0 Å². The average molecular weight is 274 g/mol. The maximum absolute atomic E-state index is 11.7. The summed E-state index contributed by atoms with van der Waals surface area (Å²) in [6.07, 6.45) is 3.34. The third-order valence-electron chi connectivity index (χ3n) is 2.78. The number of amides is 1. The summed E-state index contributed by atoms with van der Waals surface area (Å²) in [7, 11) is 0. The summed E-state index contributed by atoms with van der Waals surface area (Å²) in [6, 6.07) is 7.38. The molecule has 106 valence electrons. The molecule has 0 saturated carbocycles. The molecule has 0 atom stereocenters. The van der Waals surface area contributed by atoms with Gasteiger partial charge in [0.15, 0.2) is 12.4 Å². The first kappa shape index (κ1) is 14.1. The molecule has 20 heavy (non-hydrogen) atoms. The molecule has 2 aromatic rings. The maximum atomic E-state index is 11.7. The van der Waals surface area contributed by atoms with Gasteiger partial charge in [-0.25, -0.2) is 0 Å². The molecule has 2 rings (SSSR count). The third kappa shape index (κ3) is 3.83. The van der Waals surface area contributed by atoms with Crippen LogP contribution < -0.4 is 15.8 Å². The molecule has 0 fully saturated rings. The molecule has 6 nitrogen and oxygen atoms in total. The van der Waals surface area contributed by atoms with Gasteiger partial charge in [0, 0.05) is 18.8 Å². The highest BCUT2D eigenvalue weighted by Crippen LogP contribution is 2.10. The lowest BCUT2D eigenvalue weighted by Crippen LogP contribution is -2.20. The molecule has 0 bridgehead atoms. The predicted molar refractivity (Wildman–Crippen MR) is 76.4 cm³/mol. The van der Waals surface area contributed by atoms with E-state index >= 15 is 0 Å². The minimum Gasteiger partial charge on any atom is -0.480 e. The molecule has 0 radical (unpaired) electrons. The van der Waals surface area contributed by atoms with Crippen molar-refractivity contribution in [1.82, 2.24) is 9.78 Å². The zero-order valence-electron chi connectivity index (χ0n) is 11.4. The molecule has 0 aliphatic rings. The Morgan fingerprint density at radius 1 is 1.40 bits per heavy atom. The van der Waals surface area contributed by atoms with Crippen LogP contribution in [-0.2, 0) is 17.9 Å². The number of carbonyl (C=O) groups excluding carboxylic acids is 1. The van der Waals surface area contributed by atoms with Gasteiger partial charge in [-0.3, -0.25) is 9.48 Å². The van der Waals surface area contributed by atoms with Crippen LogP contribution in [0.5, 0.6) is 5.75 Å². The Balaban J connectivity index is 1.82. The number of hydrogen-bond donors (Lipinski definition) is 2. The van der Waals surface area contributed by atoms with E-state index in [1.54, 1.807) is 17.1 Å². The summed E-state index contributed by atoms with van der Waals surface area (Å²) >= 11 is 0. The smallest absolute Gasteiger partial charge is 0.262 e. The van der Waals surface area contributed by atoms with Crippen LogP contribution in [0.2, 0.25) is 0 Å². The van der Waals surface area contributed by atoms with Crippen molar-refractivity contribution in [2.75, 3.05) is 11.9 Å². The Bertz CT molecular complexity index is 563. The highest BCUT2D eigenvalue weighted by molar-refractivity contribution is 5.91. The highest BCUT2D eigenvalue weighted by Gasteiger charge is 2.05. The second kappa shape index (κ2) is 6.72. The van der Waals surface area contributed by atoms with Gasteiger partial charge in [-0.1, -0.05) is 12.1 Å². The highest BCUT2D eigenvalue weighted by atomic mass is 16.5. The van der Waals surface area contributed by atoms with Crippen molar-refractivity contribution in [2.24, 2.45) is 5.73 Å². The van der Waals surface area contributed by atoms with E-state index in [0.29, 0.717) is 12.3 Å². The number of nitrogens with zero attached hydrogens (tertiary/aromatic N) is 2. The number of carbonyl (C=O) groups is 1. The van der Waals surface area contributed by atoms with E-state index in [0.717, 1.165) is 17.8 Å². The third-order valence-corrected chi connectivity index (χ3v) is 2.78. The molecule has 0 spiro atoms. The zero-order chi connectivity index (χ0) is 14.4. The number of aryl methyl sites for hydroxylation is 1. The molecule has 1 amide bonds. The molecule has 0 aliphatic heterocycles. The fourth-order valence-corrected chi connectivity index (χ4v) is 1.66. The molecule has 0 saturated heterocycles. The van der Waals surface area contributed by atoms with Gasteiger partial charge >= 0.3 is 0 Å². The van der Waals surface area contributed by atoms with Crippen LogP contribution in [-0.4, -0.2) is 22.3 Å². The maximum Gasteiger partial charge on any atom is 0.262 e. The van der Waals surface area contributed by atoms with Crippen LogP contribution in [0.1, 0.15) is 12.5 Å². The van der Waals surface area contributed by atoms with Gasteiger partial charge in [0.05, 0.1) is 12.4 Å². The van der Waals surface area contributed by atoms with Gasteiger partial charge in [-0.15, -0.1) is 0 Å². The molecular weight excluding hydrogens is 256 g/mol. The largest absolute Gasteiger partial charge is 0.480 e. The molecule has 1 heterocycles. The van der Waals surface area contributed by atoms with Gasteiger partial charge in [-0.05, 0) is 24.6 Å². The first-order valence-corrected chi connectivity index (χ1v) is 6.45. The van der Waals surface area contributed by atoms with Gasteiger partial charge in [0.1, 0.15) is 0 Å². The van der Waals surface area contributed by atoms with E-state index in [2.05, 4.69) is 10.4 Å². The number of hydrogen-bond acceptors (Lipinski definition) is 4. The summed E-state index contributed by atoms with van der Waals surface area (Å²) in [4.78, 5) is 11.7. The molecule has 1 aromatic heterocycles. The van der Waals surface area contributed by atoms with Crippen molar-refractivity contribution in [3.8, 4) is 5.75 Å². The number of aromatic nitrogens is 2. The predicted octanol–water partition coefficient (Wildman–Crippen LogP) is 1.38. The Kier molecular flexibility index (Phi) is 4.73. The standard InChI is InChI=1S/C14H18N4O2/c1-2-18-9-13(8-16-18)20-10-14(19)17-12-5-3-11(7-15)4-6-12/h3-6,8-9H,2,7,10,15H2,1H3,(H,17,19). The first-order chi connectivity index (χ1) is 9.71. The molecule has 6 heteroatoms. The van der Waals surface area contributed by atoms with Crippen LogP contribution in [0.25, 0.3) is 0 Å². The van der Waals surface area contributed by atoms with Crippen LogP contribution in [0, 0.1) is 0 Å². The van der Waals surface area contributed by atoms with E-state index in [4.69, 9.17) is 10.5 Å². The van der Waals surface area contributed by atoms with Crippen molar-refractivity contribution >= 4 is 11.6 Å². The molecule has 0 unspecified atom stereocenters. The Morgan fingerprint density at radius 2 is 2.15 bits per heavy atom. The van der Waals surface area contributed by atoms with E-state index in [-0.39, 0.29) is 12.5 Å². The monoisotopic (exact) mass is 274 g/mol. The normalized spacial score (nSPS) is 10.3. The van der Waals surface area contributed by atoms with E-state index in [1.807, 2.05) is 31.2 Å². The number of ether oxygens (including phenoxy) is 1. The minimum atomic E-state index is -0.213. The molecule has 0 aliphatic carbocycles. The van der Waals surface area contributed by atoms with Gasteiger partial charge < -0.3 is 15.8 Å². The fraction of sp³-hybridized carbons (Fsp3) is 0.286. The molecule has 3 N–H and O–H groups in total. The molecule has 1 aromatic carbocycles. The lowest BCUT2D eigenvalue weighted by molar-refractivity contribution is -0.118. The Hall–Kier alpha value is -2.34. The number of nitrogens with two attached hydrogens (primary N) is 1. The van der Waals surface area contributed by atoms with Gasteiger partial charge in [0.25, 0.3) is 5.91 Å². The lowest BCUT2D eigenvalue weighted by atomic mass is 10.2. The van der Waals surface area contributed by atoms with Gasteiger partial charge in [0.2, 0.25) is 0 Å². The Morgan fingerprint density at radius 3 is 2.75 bits per heavy atom. The van der Waals surface area contributed by atoms with Crippen molar-refractivity contribution < 1.29 is 9.53 Å². The minimum absolute atomic E-state index is 0.0476. The summed E-state index contributed by atoms with van der Waals surface area (Å²) in [6.45, 7) is 3.18. The van der Waals surface area contributed by atoms with Crippen molar-refractivity contribution in [2.45, 2.75) is 20.0 Å². The van der Waals surface area contributed by atoms with E-state index < -0.39 is 0 Å². The Labute approximate surface area is 117 Å². The topological polar surface area (TPSA) is 82.2 Å². The van der Waals surface area contributed by atoms with Gasteiger partial charge in [-0.2, -0.15) is 5.10 Å². The van der Waals surface area contributed by atoms with Crippen molar-refractivity contribution in [3.63, 3.8) is 0 Å². The summed E-state index contributed by atoms with van der Waals surface area (Å²) < 4.78 is 7.09. The van der Waals surface area contributed by atoms with Crippen LogP contribution in [0.4, 0.5) is 5.69 Å². The average Bonchev–Trinajstić information content (AvgIpc) is 2.94. The number of nitrogens with one attached hydrogen (secondary N) is 1. The van der Waals surface area contributed by atoms with E-state index in [9.17, 15) is 4.79 Å². The lowest BCUT2D eigenvalue weighted by Gasteiger charge is -2.06. The summed E-state index contributed by atoms with van der Waals surface area (Å²) in [5, 5.41) is 6.82. The van der Waals surface area contributed by atoms with Crippen LogP contribution in [0.15, 0.2) is 36.7 Å². The second-order valence-corrected chi connectivity index (χ2v) is 4.27.